The van der Waals surface area contributed by atoms with Crippen LogP contribution in [0.5, 0.6) is 0 Å². The Kier molecular flexibility index (Phi) is 9.22. The van der Waals surface area contributed by atoms with Crippen LogP contribution in [-0.4, -0.2) is 29.3 Å². The van der Waals surface area contributed by atoms with Crippen LogP contribution in [0.4, 0.5) is 0 Å². The maximum Gasteiger partial charge on any atom is 0.00697 e. The molecule has 18 heavy (non-hydrogen) atoms. The van der Waals surface area contributed by atoms with Gasteiger partial charge in [-0.15, -0.1) is 0 Å². The molecule has 0 aromatic carbocycles. The van der Waals surface area contributed by atoms with Crippen LogP contribution < -0.4 is 0 Å². The third-order valence-corrected chi connectivity index (χ3v) is 4.77. The number of unbranched alkanes of at least 4 members (excludes halogenated alkanes) is 6. The van der Waals surface area contributed by atoms with Gasteiger partial charge in [-0.05, 0) is 51.8 Å². The first-order valence-corrected chi connectivity index (χ1v) is 8.75. The van der Waals surface area contributed by atoms with Gasteiger partial charge in [-0.3, -0.25) is 4.90 Å². The van der Waals surface area contributed by atoms with E-state index in [4.69, 9.17) is 0 Å². The minimum absolute atomic E-state index is 0.823. The van der Waals surface area contributed by atoms with E-state index in [-0.39, 0.29) is 0 Å². The fraction of sp³-hybridized carbons (Fsp3) is 1.00. The Morgan fingerprint density at radius 3 is 1.89 bits per heavy atom. The molecule has 108 valence electrons. The summed E-state index contributed by atoms with van der Waals surface area (Å²) in [6, 6.07) is 1.65. The largest absolute Gasteiger partial charge is 0.298 e. The number of hydrogen-bond donors (Lipinski definition) is 1. The van der Waals surface area contributed by atoms with E-state index in [0.29, 0.717) is 0 Å². The van der Waals surface area contributed by atoms with Crippen molar-refractivity contribution in [1.82, 2.24) is 4.90 Å². The summed E-state index contributed by atoms with van der Waals surface area (Å²) in [7, 11) is 0. The molecule has 1 heterocycles. The van der Waals surface area contributed by atoms with Crippen LogP contribution in [0, 0.1) is 0 Å². The molecule has 1 saturated heterocycles. The second-order valence-corrected chi connectivity index (χ2v) is 6.51. The van der Waals surface area contributed by atoms with E-state index in [1.54, 1.807) is 0 Å². The van der Waals surface area contributed by atoms with Crippen molar-refractivity contribution < 1.29 is 0 Å². The molecule has 2 atom stereocenters. The van der Waals surface area contributed by atoms with E-state index in [1.807, 2.05) is 0 Å². The van der Waals surface area contributed by atoms with Gasteiger partial charge in [0.05, 0.1) is 0 Å². The first kappa shape index (κ1) is 16.4. The maximum absolute atomic E-state index is 4.25. The van der Waals surface area contributed by atoms with Crippen molar-refractivity contribution in [3.8, 4) is 0 Å². The third-order valence-electron chi connectivity index (χ3n) is 4.45. The fourth-order valence-electron chi connectivity index (χ4n) is 3.21. The monoisotopic (exact) mass is 271 g/mol. The van der Waals surface area contributed by atoms with E-state index >= 15 is 0 Å². The average Bonchev–Trinajstić information content (AvgIpc) is 2.35. The summed E-state index contributed by atoms with van der Waals surface area (Å²) in [6.45, 7) is 6.15. The Morgan fingerprint density at radius 2 is 1.33 bits per heavy atom. The second kappa shape index (κ2) is 10.1. The van der Waals surface area contributed by atoms with Crippen LogP contribution in [-0.2, 0) is 0 Å². The summed E-state index contributed by atoms with van der Waals surface area (Å²) in [5.41, 5.74) is 0. The third kappa shape index (κ3) is 6.47. The van der Waals surface area contributed by atoms with Crippen LogP contribution in [0.1, 0.15) is 78.1 Å². The van der Waals surface area contributed by atoms with Gasteiger partial charge in [0, 0.05) is 12.1 Å². The standard InChI is InChI=1S/C16H33NS/c1-15-11-10-12-16(2)17(15)13-8-6-4-3-5-7-9-14-18/h15-16,18H,3-14H2,1-2H3/t15-,16+. The molecule has 0 saturated carbocycles. The van der Waals surface area contributed by atoms with E-state index < -0.39 is 0 Å². The van der Waals surface area contributed by atoms with Crippen molar-refractivity contribution in [1.29, 1.82) is 0 Å². The molecule has 0 aliphatic carbocycles. The number of likely N-dealkylation sites (tertiary alicyclic amines) is 1. The molecule has 0 aromatic heterocycles. The summed E-state index contributed by atoms with van der Waals surface area (Å²) in [5, 5.41) is 0. The minimum Gasteiger partial charge on any atom is -0.298 e. The van der Waals surface area contributed by atoms with Gasteiger partial charge in [-0.1, -0.05) is 38.5 Å². The van der Waals surface area contributed by atoms with Gasteiger partial charge in [0.2, 0.25) is 0 Å². The molecule has 0 amide bonds. The first-order chi connectivity index (χ1) is 8.75. The quantitative estimate of drug-likeness (QED) is 0.460. The van der Waals surface area contributed by atoms with Gasteiger partial charge in [0.1, 0.15) is 0 Å². The first-order valence-electron chi connectivity index (χ1n) is 8.12. The highest BCUT2D eigenvalue weighted by Crippen LogP contribution is 2.23. The van der Waals surface area contributed by atoms with E-state index in [2.05, 4.69) is 31.4 Å². The Bertz CT molecular complexity index is 186. The Balaban J connectivity index is 1.96. The molecule has 0 bridgehead atoms. The predicted octanol–water partition coefficient (Wildman–Crippen LogP) is 4.91. The Morgan fingerprint density at radius 1 is 0.833 bits per heavy atom. The van der Waals surface area contributed by atoms with Crippen LogP contribution in [0.2, 0.25) is 0 Å². The Hall–Kier alpha value is 0.310. The lowest BCUT2D eigenvalue weighted by molar-refractivity contribution is 0.101. The highest BCUT2D eigenvalue weighted by molar-refractivity contribution is 7.80. The molecule has 1 fully saturated rings. The van der Waals surface area contributed by atoms with Crippen molar-refractivity contribution in [3.05, 3.63) is 0 Å². The zero-order valence-corrected chi connectivity index (χ0v) is 13.4. The SMILES string of the molecule is C[C@@H]1CCC[C@H](C)N1CCCCCCCCCS. The lowest BCUT2D eigenvalue weighted by Gasteiger charge is -2.39. The van der Waals surface area contributed by atoms with Gasteiger partial charge >= 0.3 is 0 Å². The minimum atomic E-state index is 0.823. The fourth-order valence-corrected chi connectivity index (χ4v) is 3.43. The average molecular weight is 272 g/mol. The van der Waals surface area contributed by atoms with Crippen LogP contribution in [0.15, 0.2) is 0 Å². The zero-order chi connectivity index (χ0) is 13.2. The van der Waals surface area contributed by atoms with Gasteiger partial charge in [0.15, 0.2) is 0 Å². The smallest absolute Gasteiger partial charge is 0.00697 e. The van der Waals surface area contributed by atoms with Crippen molar-refractivity contribution >= 4 is 12.6 Å². The summed E-state index contributed by atoms with van der Waals surface area (Å²) >= 11 is 4.25. The number of piperidine rings is 1. The van der Waals surface area contributed by atoms with Crippen molar-refractivity contribution in [3.63, 3.8) is 0 Å². The van der Waals surface area contributed by atoms with Crippen molar-refractivity contribution in [2.75, 3.05) is 12.3 Å². The molecule has 1 nitrogen and oxygen atoms in total. The zero-order valence-electron chi connectivity index (χ0n) is 12.5. The highest BCUT2D eigenvalue weighted by atomic mass is 32.1. The van der Waals surface area contributed by atoms with Gasteiger partial charge in [0.25, 0.3) is 0 Å². The normalized spacial score (nSPS) is 25.5. The molecule has 1 aliphatic rings. The highest BCUT2D eigenvalue weighted by Gasteiger charge is 2.23. The molecule has 0 unspecified atom stereocenters. The molecule has 0 radical (unpaired) electrons. The van der Waals surface area contributed by atoms with E-state index in [0.717, 1.165) is 17.8 Å². The molecular weight excluding hydrogens is 238 g/mol. The van der Waals surface area contributed by atoms with Crippen molar-refractivity contribution in [2.24, 2.45) is 0 Å². The number of hydrogen-bond acceptors (Lipinski definition) is 2. The molecular formula is C16H33NS. The molecule has 1 rings (SSSR count). The Labute approximate surface area is 120 Å². The number of rotatable bonds is 9. The van der Waals surface area contributed by atoms with Gasteiger partial charge in [-0.25, -0.2) is 0 Å². The molecule has 0 aromatic rings. The maximum atomic E-state index is 4.25. The lowest BCUT2D eigenvalue weighted by atomic mass is 9.97. The van der Waals surface area contributed by atoms with Crippen LogP contribution in [0.3, 0.4) is 0 Å². The van der Waals surface area contributed by atoms with Crippen LogP contribution in [0.25, 0.3) is 0 Å². The van der Waals surface area contributed by atoms with Crippen LogP contribution >= 0.6 is 12.6 Å². The molecule has 0 N–H and O–H groups in total. The predicted molar refractivity (Wildman–Crippen MR) is 85.7 cm³/mol. The van der Waals surface area contributed by atoms with Crippen molar-refractivity contribution in [2.45, 2.75) is 90.1 Å². The lowest BCUT2D eigenvalue weighted by Crippen LogP contribution is -2.44. The second-order valence-electron chi connectivity index (χ2n) is 6.07. The summed E-state index contributed by atoms with van der Waals surface area (Å²) in [5.74, 6) is 1.06. The molecule has 1 aliphatic heterocycles. The van der Waals surface area contributed by atoms with E-state index in [1.165, 1.54) is 70.8 Å². The summed E-state index contributed by atoms with van der Waals surface area (Å²) < 4.78 is 0. The number of nitrogens with zero attached hydrogens (tertiary/aromatic N) is 1. The number of thiol groups is 1. The topological polar surface area (TPSA) is 3.24 Å². The molecule has 2 heteroatoms. The molecule has 0 spiro atoms. The summed E-state index contributed by atoms with van der Waals surface area (Å²) in [4.78, 5) is 2.74. The van der Waals surface area contributed by atoms with E-state index in [9.17, 15) is 0 Å². The summed E-state index contributed by atoms with van der Waals surface area (Å²) in [6.07, 6.45) is 14.0. The van der Waals surface area contributed by atoms with Gasteiger partial charge < -0.3 is 0 Å². The van der Waals surface area contributed by atoms with Gasteiger partial charge in [-0.2, -0.15) is 12.6 Å².